The molecule has 3 aromatic rings. The third-order valence-electron chi connectivity index (χ3n) is 7.95. The molecular formula is C26H29ClF5N7O2. The van der Waals surface area contributed by atoms with E-state index in [0.29, 0.717) is 23.6 Å². The van der Waals surface area contributed by atoms with Crippen LogP contribution in [-0.2, 0) is 17.8 Å². The van der Waals surface area contributed by atoms with Crippen LogP contribution in [0.3, 0.4) is 0 Å². The number of nitrogens with zero attached hydrogens (tertiary/aromatic N) is 5. The molecule has 0 bridgehead atoms. The van der Waals surface area contributed by atoms with Crippen molar-refractivity contribution in [3.8, 4) is 0 Å². The van der Waals surface area contributed by atoms with Gasteiger partial charge in [-0.15, -0.1) is 0 Å². The quantitative estimate of drug-likeness (QED) is 0.380. The summed E-state index contributed by atoms with van der Waals surface area (Å²) in [6.07, 6.45) is -2.20. The average Bonchev–Trinajstić information content (AvgIpc) is 3.55. The number of carbonyl (C=O) groups excluding carboxylic acids is 2. The number of piperidine rings is 1. The van der Waals surface area contributed by atoms with Crippen LogP contribution in [0.4, 0.5) is 22.0 Å². The number of halogens is 6. The molecule has 4 heterocycles. The predicted octanol–water partition coefficient (Wildman–Crippen LogP) is 4.75. The molecule has 2 N–H and O–H groups in total. The highest BCUT2D eigenvalue weighted by Crippen LogP contribution is 2.41. The van der Waals surface area contributed by atoms with Crippen molar-refractivity contribution in [3.05, 3.63) is 46.6 Å². The van der Waals surface area contributed by atoms with Gasteiger partial charge in [0.1, 0.15) is 5.69 Å². The van der Waals surface area contributed by atoms with Gasteiger partial charge in [-0.3, -0.25) is 14.3 Å². The van der Waals surface area contributed by atoms with E-state index in [2.05, 4.69) is 25.8 Å². The fraction of sp³-hybridized carbons (Fsp3) is 0.577. The minimum absolute atomic E-state index is 0.112. The lowest BCUT2D eigenvalue weighted by Gasteiger charge is -2.33. The zero-order valence-corrected chi connectivity index (χ0v) is 22.9. The molecule has 41 heavy (non-hydrogen) atoms. The number of aromatic nitrogens is 5. The second-order valence-electron chi connectivity index (χ2n) is 10.7. The van der Waals surface area contributed by atoms with Crippen LogP contribution in [-0.4, -0.2) is 54.8 Å². The van der Waals surface area contributed by atoms with E-state index in [1.165, 1.54) is 21.5 Å². The van der Waals surface area contributed by atoms with Gasteiger partial charge in [0.15, 0.2) is 5.65 Å². The minimum atomic E-state index is -4.44. The molecule has 0 aromatic carbocycles. The molecule has 3 atom stereocenters. The van der Waals surface area contributed by atoms with Gasteiger partial charge >= 0.3 is 6.18 Å². The zero-order valence-electron chi connectivity index (χ0n) is 22.1. The molecule has 0 spiro atoms. The van der Waals surface area contributed by atoms with Crippen molar-refractivity contribution in [2.24, 2.45) is 17.8 Å². The summed E-state index contributed by atoms with van der Waals surface area (Å²) in [6.45, 7) is 1.82. The molecule has 1 aliphatic carbocycles. The van der Waals surface area contributed by atoms with Crippen LogP contribution >= 0.6 is 11.6 Å². The number of fused-ring (bicyclic) bond motifs is 1. The van der Waals surface area contributed by atoms with Crippen LogP contribution in [0.5, 0.6) is 0 Å². The fourth-order valence-corrected chi connectivity index (χ4v) is 5.84. The van der Waals surface area contributed by atoms with Crippen molar-refractivity contribution in [2.75, 3.05) is 6.54 Å². The first-order valence-electron chi connectivity index (χ1n) is 13.4. The van der Waals surface area contributed by atoms with Gasteiger partial charge in [0.25, 0.3) is 5.91 Å². The Balaban J connectivity index is 1.43. The molecule has 1 unspecified atom stereocenters. The van der Waals surface area contributed by atoms with Gasteiger partial charge in [-0.25, -0.2) is 18.3 Å². The van der Waals surface area contributed by atoms with Crippen LogP contribution < -0.4 is 10.6 Å². The third kappa shape index (κ3) is 6.31. The Morgan fingerprint density at radius 2 is 2.02 bits per heavy atom. The van der Waals surface area contributed by atoms with Gasteiger partial charge in [-0.05, 0) is 38.2 Å². The standard InChI is InChI=1S/C26H29ClF5N7O2/c1-2-38-20(5-8-34-38)24(41)36-22(14-3-6-25(28,29)7-4-14)19-13-39-21(35-19)11-17(27)18(37-39)10-15-9-16(26(30,31)32)12-33-23(15)40/h5,8,11,13-16,22H,2-4,6-7,9-10,12H2,1H3,(H,33,40)(H,36,41)/t15?,16-,22+/m1/s1. The molecule has 2 amide bonds. The topological polar surface area (TPSA) is 106 Å². The fourth-order valence-electron chi connectivity index (χ4n) is 5.63. The lowest BCUT2D eigenvalue weighted by atomic mass is 9.81. The van der Waals surface area contributed by atoms with Crippen molar-refractivity contribution < 1.29 is 31.5 Å². The Kier molecular flexibility index (Phi) is 7.96. The molecule has 15 heteroatoms. The summed E-state index contributed by atoms with van der Waals surface area (Å²) in [5.41, 5.74) is 1.21. The maximum absolute atomic E-state index is 14.0. The molecule has 3 aromatic heterocycles. The van der Waals surface area contributed by atoms with E-state index in [1.807, 2.05) is 6.92 Å². The first kappa shape index (κ1) is 29.2. The number of carbonyl (C=O) groups is 2. The van der Waals surface area contributed by atoms with Crippen molar-refractivity contribution in [2.45, 2.75) is 70.1 Å². The Morgan fingerprint density at radius 1 is 1.29 bits per heavy atom. The predicted molar refractivity (Wildman–Crippen MR) is 137 cm³/mol. The largest absolute Gasteiger partial charge is 0.393 e. The molecule has 5 rings (SSSR count). The molecule has 2 fully saturated rings. The van der Waals surface area contributed by atoms with Gasteiger partial charge in [0.05, 0.1) is 34.6 Å². The zero-order chi connectivity index (χ0) is 29.5. The highest BCUT2D eigenvalue weighted by Gasteiger charge is 2.45. The molecule has 1 saturated heterocycles. The van der Waals surface area contributed by atoms with Crippen LogP contribution in [0.1, 0.15) is 66.9 Å². The summed E-state index contributed by atoms with van der Waals surface area (Å²) in [7, 11) is 0. The number of alkyl halides is 5. The highest BCUT2D eigenvalue weighted by molar-refractivity contribution is 6.31. The summed E-state index contributed by atoms with van der Waals surface area (Å²) in [6, 6.07) is 2.32. The Labute approximate surface area is 236 Å². The van der Waals surface area contributed by atoms with Crippen LogP contribution in [0.15, 0.2) is 24.5 Å². The normalized spacial score (nSPS) is 22.5. The Morgan fingerprint density at radius 3 is 2.71 bits per heavy atom. The van der Waals surface area contributed by atoms with Gasteiger partial charge in [-0.2, -0.15) is 23.4 Å². The lowest BCUT2D eigenvalue weighted by molar-refractivity contribution is -0.183. The van der Waals surface area contributed by atoms with Gasteiger partial charge in [-0.1, -0.05) is 11.6 Å². The number of rotatable bonds is 7. The third-order valence-corrected chi connectivity index (χ3v) is 8.27. The molecule has 0 radical (unpaired) electrons. The van der Waals surface area contributed by atoms with Gasteiger partial charge in [0.2, 0.25) is 11.8 Å². The summed E-state index contributed by atoms with van der Waals surface area (Å²) < 4.78 is 70.7. The van der Waals surface area contributed by atoms with E-state index in [0.717, 1.165) is 0 Å². The van der Waals surface area contributed by atoms with Crippen molar-refractivity contribution in [1.82, 2.24) is 35.0 Å². The van der Waals surface area contributed by atoms with Gasteiger partial charge < -0.3 is 10.6 Å². The van der Waals surface area contributed by atoms with Crippen LogP contribution in [0.2, 0.25) is 5.02 Å². The molecule has 2 aliphatic rings. The van der Waals surface area contributed by atoms with E-state index < -0.39 is 48.3 Å². The highest BCUT2D eigenvalue weighted by atomic mass is 35.5. The Bertz CT molecular complexity index is 1430. The number of hydrogen-bond acceptors (Lipinski definition) is 5. The van der Waals surface area contributed by atoms with E-state index in [4.69, 9.17) is 11.6 Å². The van der Waals surface area contributed by atoms with E-state index >= 15 is 0 Å². The summed E-state index contributed by atoms with van der Waals surface area (Å²) in [5, 5.41) is 13.9. The molecule has 1 saturated carbocycles. The maximum atomic E-state index is 14.0. The summed E-state index contributed by atoms with van der Waals surface area (Å²) in [5.74, 6) is -6.67. The average molecular weight is 602 g/mol. The molecular weight excluding hydrogens is 573 g/mol. The monoisotopic (exact) mass is 601 g/mol. The summed E-state index contributed by atoms with van der Waals surface area (Å²) >= 11 is 6.42. The smallest absolute Gasteiger partial charge is 0.355 e. The maximum Gasteiger partial charge on any atom is 0.393 e. The van der Waals surface area contributed by atoms with Crippen molar-refractivity contribution in [3.63, 3.8) is 0 Å². The number of hydrogen-bond donors (Lipinski definition) is 2. The first-order chi connectivity index (χ1) is 19.3. The second-order valence-corrected chi connectivity index (χ2v) is 11.1. The molecule has 1 aliphatic heterocycles. The number of aryl methyl sites for hydroxylation is 1. The van der Waals surface area contributed by atoms with Crippen molar-refractivity contribution in [1.29, 1.82) is 0 Å². The lowest BCUT2D eigenvalue weighted by Crippen LogP contribution is -2.47. The van der Waals surface area contributed by atoms with Crippen LogP contribution in [0, 0.1) is 17.8 Å². The van der Waals surface area contributed by atoms with Crippen LogP contribution in [0.25, 0.3) is 5.65 Å². The number of imidazole rings is 1. The minimum Gasteiger partial charge on any atom is -0.355 e. The van der Waals surface area contributed by atoms with Gasteiger partial charge in [0, 0.05) is 50.5 Å². The number of nitrogens with one attached hydrogen (secondary N) is 2. The Hall–Kier alpha value is -3.29. The molecule has 222 valence electrons. The van der Waals surface area contributed by atoms with E-state index in [-0.39, 0.29) is 55.2 Å². The van der Waals surface area contributed by atoms with E-state index in [9.17, 15) is 31.5 Å². The molecule has 9 nitrogen and oxygen atoms in total. The number of amides is 2. The van der Waals surface area contributed by atoms with Crippen molar-refractivity contribution >= 4 is 29.1 Å². The SMILES string of the molecule is CCn1nccc1C(=O)N[C@H](c1cn2nc(CC3C[C@@H](C(F)(F)F)CNC3=O)c(Cl)cc2n1)C1CCC(F)(F)CC1. The van der Waals surface area contributed by atoms with E-state index in [1.54, 1.807) is 12.3 Å². The summed E-state index contributed by atoms with van der Waals surface area (Å²) in [4.78, 5) is 30.1. The first-order valence-corrected chi connectivity index (χ1v) is 13.8. The second kappa shape index (κ2) is 11.2.